The van der Waals surface area contributed by atoms with Crippen molar-refractivity contribution in [1.29, 1.82) is 5.26 Å². The number of aryl methyl sites for hydroxylation is 1. The van der Waals surface area contributed by atoms with Crippen molar-refractivity contribution >= 4 is 5.97 Å². The van der Waals surface area contributed by atoms with Gasteiger partial charge in [-0.3, -0.25) is 0 Å². The van der Waals surface area contributed by atoms with Gasteiger partial charge < -0.3 is 9.15 Å². The van der Waals surface area contributed by atoms with Crippen LogP contribution in [0.5, 0.6) is 0 Å². The van der Waals surface area contributed by atoms with Crippen LogP contribution in [0.4, 0.5) is 0 Å². The standard InChI is InChI=1S/C15H13NO3/c1-3-18-15(17)13-8-14(19-10(13)2)12-6-4-11(9-16)5-7-12/h4-8H,3H2,1-2H3. The van der Waals surface area contributed by atoms with Gasteiger partial charge in [0.1, 0.15) is 17.1 Å². The predicted octanol–water partition coefficient (Wildman–Crippen LogP) is 3.30. The van der Waals surface area contributed by atoms with E-state index in [0.717, 1.165) is 5.56 Å². The van der Waals surface area contributed by atoms with E-state index >= 15 is 0 Å². The minimum absolute atomic E-state index is 0.329. The molecule has 0 spiro atoms. The lowest BCUT2D eigenvalue weighted by Crippen LogP contribution is -2.04. The zero-order chi connectivity index (χ0) is 13.8. The van der Waals surface area contributed by atoms with Gasteiger partial charge in [0.25, 0.3) is 0 Å². The summed E-state index contributed by atoms with van der Waals surface area (Å²) in [6, 6.07) is 10.7. The molecule has 0 bridgehead atoms. The SMILES string of the molecule is CCOC(=O)c1cc(-c2ccc(C#N)cc2)oc1C. The molecule has 0 N–H and O–H groups in total. The van der Waals surface area contributed by atoms with Crippen LogP contribution in [0, 0.1) is 18.3 Å². The summed E-state index contributed by atoms with van der Waals surface area (Å²) in [6.07, 6.45) is 0. The van der Waals surface area contributed by atoms with Crippen LogP contribution in [0.15, 0.2) is 34.7 Å². The summed E-state index contributed by atoms with van der Waals surface area (Å²) in [6.45, 7) is 3.81. The van der Waals surface area contributed by atoms with E-state index in [2.05, 4.69) is 6.07 Å². The highest BCUT2D eigenvalue weighted by molar-refractivity contribution is 5.91. The molecule has 0 aliphatic rings. The predicted molar refractivity (Wildman–Crippen MR) is 69.6 cm³/mol. The minimum Gasteiger partial charge on any atom is -0.462 e. The molecule has 0 aliphatic heterocycles. The molecule has 19 heavy (non-hydrogen) atoms. The fourth-order valence-corrected chi connectivity index (χ4v) is 1.74. The maximum atomic E-state index is 11.7. The molecule has 0 aliphatic carbocycles. The van der Waals surface area contributed by atoms with Crippen molar-refractivity contribution in [3.63, 3.8) is 0 Å². The molecule has 1 aromatic carbocycles. The zero-order valence-corrected chi connectivity index (χ0v) is 10.8. The number of hydrogen-bond acceptors (Lipinski definition) is 4. The van der Waals surface area contributed by atoms with E-state index in [1.165, 1.54) is 0 Å². The number of rotatable bonds is 3. The highest BCUT2D eigenvalue weighted by Gasteiger charge is 2.16. The molecule has 4 heteroatoms. The fourth-order valence-electron chi connectivity index (χ4n) is 1.74. The van der Waals surface area contributed by atoms with Crippen LogP contribution in [0.3, 0.4) is 0 Å². The summed E-state index contributed by atoms with van der Waals surface area (Å²) in [5, 5.41) is 8.74. The van der Waals surface area contributed by atoms with Crippen molar-refractivity contribution in [2.75, 3.05) is 6.61 Å². The van der Waals surface area contributed by atoms with E-state index < -0.39 is 0 Å². The third kappa shape index (κ3) is 2.66. The molecular weight excluding hydrogens is 242 g/mol. The van der Waals surface area contributed by atoms with E-state index in [1.54, 1.807) is 44.2 Å². The number of hydrogen-bond donors (Lipinski definition) is 0. The molecule has 2 rings (SSSR count). The summed E-state index contributed by atoms with van der Waals surface area (Å²) in [5.41, 5.74) is 1.83. The van der Waals surface area contributed by atoms with Gasteiger partial charge in [0.05, 0.1) is 18.2 Å². The van der Waals surface area contributed by atoms with Gasteiger partial charge in [0.2, 0.25) is 0 Å². The Kier molecular flexibility index (Phi) is 3.67. The second-order valence-corrected chi connectivity index (χ2v) is 3.99. The van der Waals surface area contributed by atoms with Gasteiger partial charge in [-0.15, -0.1) is 0 Å². The number of furan rings is 1. The van der Waals surface area contributed by atoms with Crippen molar-refractivity contribution in [3.05, 3.63) is 47.2 Å². The number of ether oxygens (including phenoxy) is 1. The average Bonchev–Trinajstić information content (AvgIpc) is 2.81. The largest absolute Gasteiger partial charge is 0.462 e. The summed E-state index contributed by atoms with van der Waals surface area (Å²) >= 11 is 0. The Morgan fingerprint density at radius 1 is 1.37 bits per heavy atom. The van der Waals surface area contributed by atoms with Gasteiger partial charge in [0.15, 0.2) is 0 Å². The lowest BCUT2D eigenvalue weighted by atomic mass is 10.1. The molecule has 4 nitrogen and oxygen atoms in total. The Bertz CT molecular complexity index is 632. The summed E-state index contributed by atoms with van der Waals surface area (Å²) in [7, 11) is 0. The van der Waals surface area contributed by atoms with Gasteiger partial charge in [-0.1, -0.05) is 0 Å². The molecule has 2 aromatic rings. The maximum absolute atomic E-state index is 11.7. The van der Waals surface area contributed by atoms with Crippen molar-refractivity contribution in [2.45, 2.75) is 13.8 Å². The molecular formula is C15H13NO3. The van der Waals surface area contributed by atoms with Gasteiger partial charge in [-0.05, 0) is 44.2 Å². The number of carbonyl (C=O) groups excluding carboxylic acids is 1. The van der Waals surface area contributed by atoms with E-state index in [1.807, 2.05) is 0 Å². The van der Waals surface area contributed by atoms with Crippen molar-refractivity contribution in [3.8, 4) is 17.4 Å². The number of nitrogens with zero attached hydrogens (tertiary/aromatic N) is 1. The van der Waals surface area contributed by atoms with Crippen LogP contribution in [-0.2, 0) is 4.74 Å². The van der Waals surface area contributed by atoms with Crippen LogP contribution < -0.4 is 0 Å². The quantitative estimate of drug-likeness (QED) is 0.789. The van der Waals surface area contributed by atoms with E-state index in [0.29, 0.717) is 29.3 Å². The normalized spacial score (nSPS) is 9.95. The first-order chi connectivity index (χ1) is 9.15. The van der Waals surface area contributed by atoms with E-state index in [9.17, 15) is 4.79 Å². The zero-order valence-electron chi connectivity index (χ0n) is 10.8. The first kappa shape index (κ1) is 12.9. The molecule has 0 saturated heterocycles. The second kappa shape index (κ2) is 5.40. The van der Waals surface area contributed by atoms with Crippen LogP contribution in [0.25, 0.3) is 11.3 Å². The lowest BCUT2D eigenvalue weighted by molar-refractivity contribution is 0.0524. The topological polar surface area (TPSA) is 63.2 Å². The molecule has 0 fully saturated rings. The lowest BCUT2D eigenvalue weighted by Gasteiger charge is -1.97. The Hall–Kier alpha value is -2.54. The van der Waals surface area contributed by atoms with Gasteiger partial charge in [-0.25, -0.2) is 4.79 Å². The first-order valence-electron chi connectivity index (χ1n) is 5.93. The molecule has 0 amide bonds. The third-order valence-electron chi connectivity index (χ3n) is 2.71. The van der Waals surface area contributed by atoms with Gasteiger partial charge >= 0.3 is 5.97 Å². The number of nitriles is 1. The third-order valence-corrected chi connectivity index (χ3v) is 2.71. The molecule has 1 heterocycles. The smallest absolute Gasteiger partial charge is 0.341 e. The molecule has 0 atom stereocenters. The molecule has 0 radical (unpaired) electrons. The summed E-state index contributed by atoms with van der Waals surface area (Å²) < 4.78 is 10.5. The van der Waals surface area contributed by atoms with Crippen LogP contribution in [0.2, 0.25) is 0 Å². The number of esters is 1. The average molecular weight is 255 g/mol. The highest BCUT2D eigenvalue weighted by atomic mass is 16.5. The van der Waals surface area contributed by atoms with Crippen LogP contribution in [-0.4, -0.2) is 12.6 Å². The number of benzene rings is 1. The fraction of sp³-hybridized carbons (Fsp3) is 0.200. The van der Waals surface area contributed by atoms with Gasteiger partial charge in [0, 0.05) is 5.56 Å². The Morgan fingerprint density at radius 2 is 2.05 bits per heavy atom. The molecule has 96 valence electrons. The number of carbonyl (C=O) groups is 1. The first-order valence-corrected chi connectivity index (χ1v) is 5.93. The Balaban J connectivity index is 2.33. The van der Waals surface area contributed by atoms with Crippen molar-refractivity contribution in [1.82, 2.24) is 0 Å². The molecule has 1 aromatic heterocycles. The Morgan fingerprint density at radius 3 is 2.63 bits per heavy atom. The highest BCUT2D eigenvalue weighted by Crippen LogP contribution is 2.26. The minimum atomic E-state index is -0.386. The Labute approximate surface area is 111 Å². The van der Waals surface area contributed by atoms with Crippen LogP contribution in [0.1, 0.15) is 28.6 Å². The monoisotopic (exact) mass is 255 g/mol. The van der Waals surface area contributed by atoms with Gasteiger partial charge in [-0.2, -0.15) is 5.26 Å². The maximum Gasteiger partial charge on any atom is 0.341 e. The second-order valence-electron chi connectivity index (χ2n) is 3.99. The van der Waals surface area contributed by atoms with Crippen molar-refractivity contribution in [2.24, 2.45) is 0 Å². The molecule has 0 unspecified atom stereocenters. The summed E-state index contributed by atoms with van der Waals surface area (Å²) in [4.78, 5) is 11.7. The van der Waals surface area contributed by atoms with E-state index in [-0.39, 0.29) is 5.97 Å². The molecule has 0 saturated carbocycles. The van der Waals surface area contributed by atoms with Crippen molar-refractivity contribution < 1.29 is 13.9 Å². The summed E-state index contributed by atoms with van der Waals surface area (Å²) in [5.74, 6) is 0.728. The van der Waals surface area contributed by atoms with E-state index in [4.69, 9.17) is 14.4 Å². The van der Waals surface area contributed by atoms with Crippen LogP contribution >= 0.6 is 0 Å².